The van der Waals surface area contributed by atoms with Crippen molar-refractivity contribution in [1.29, 1.82) is 0 Å². The monoisotopic (exact) mass is 462 g/mol. The van der Waals surface area contributed by atoms with E-state index in [1.807, 2.05) is 13.8 Å². The average Bonchev–Trinajstić information content (AvgIpc) is 3.40. The molecule has 2 aromatic heterocycles. The number of fused-ring (bicyclic) bond motifs is 2. The average molecular weight is 463 g/mol. The summed E-state index contributed by atoms with van der Waals surface area (Å²) in [7, 11) is 0. The third-order valence-corrected chi connectivity index (χ3v) is 6.35. The quantitative estimate of drug-likeness (QED) is 0.484. The van der Waals surface area contributed by atoms with Crippen LogP contribution < -0.4 is 0 Å². The SMILES string of the molecule is Cc1nc2ccc(CN3CCOCC3)cc2[nH]1.Cc1nc2ccc(CN3CCOCC3)cc2[nH]1. The highest BCUT2D eigenvalue weighted by Gasteiger charge is 2.12. The molecule has 0 bridgehead atoms. The molecule has 0 saturated carbocycles. The number of imidazole rings is 2. The van der Waals surface area contributed by atoms with Crippen LogP contribution in [0.3, 0.4) is 0 Å². The molecule has 6 rings (SSSR count). The van der Waals surface area contributed by atoms with E-state index in [2.05, 4.69) is 66.1 Å². The Morgan fingerprint density at radius 3 is 1.50 bits per heavy atom. The molecule has 0 amide bonds. The van der Waals surface area contributed by atoms with Gasteiger partial charge < -0.3 is 19.4 Å². The van der Waals surface area contributed by atoms with Gasteiger partial charge in [-0.2, -0.15) is 0 Å². The van der Waals surface area contributed by atoms with Gasteiger partial charge in [0.1, 0.15) is 11.6 Å². The molecule has 4 heterocycles. The van der Waals surface area contributed by atoms with Crippen molar-refractivity contribution in [3.63, 3.8) is 0 Å². The van der Waals surface area contributed by atoms with Gasteiger partial charge in [0.25, 0.3) is 0 Å². The maximum absolute atomic E-state index is 5.35. The molecule has 0 aliphatic carbocycles. The van der Waals surface area contributed by atoms with Gasteiger partial charge in [-0.3, -0.25) is 9.80 Å². The standard InChI is InChI=1S/2C13H17N3O/c2*1-10-14-12-3-2-11(8-13(12)15-10)9-16-4-6-17-7-5-16/h2*2-3,8H,4-7,9H2,1H3,(H,14,15). The minimum Gasteiger partial charge on any atom is -0.379 e. The van der Waals surface area contributed by atoms with Gasteiger partial charge in [0.2, 0.25) is 0 Å². The van der Waals surface area contributed by atoms with Crippen LogP contribution in [0.4, 0.5) is 0 Å². The molecule has 2 N–H and O–H groups in total. The Hall–Kier alpha value is -2.78. The molecule has 34 heavy (non-hydrogen) atoms. The molecule has 2 aromatic carbocycles. The third kappa shape index (κ3) is 5.82. The molecule has 8 nitrogen and oxygen atoms in total. The molecule has 0 radical (unpaired) electrons. The van der Waals surface area contributed by atoms with Crippen molar-refractivity contribution in [2.75, 3.05) is 52.6 Å². The predicted molar refractivity (Wildman–Crippen MR) is 134 cm³/mol. The van der Waals surface area contributed by atoms with Gasteiger partial charge in [-0.25, -0.2) is 9.97 Å². The van der Waals surface area contributed by atoms with Gasteiger partial charge in [0, 0.05) is 39.3 Å². The number of nitrogens with zero attached hydrogens (tertiary/aromatic N) is 4. The number of hydrogen-bond acceptors (Lipinski definition) is 6. The first-order chi connectivity index (χ1) is 16.6. The summed E-state index contributed by atoms with van der Waals surface area (Å²) >= 11 is 0. The number of aryl methyl sites for hydroxylation is 2. The number of rotatable bonds is 4. The van der Waals surface area contributed by atoms with Crippen molar-refractivity contribution >= 4 is 22.1 Å². The van der Waals surface area contributed by atoms with E-state index in [9.17, 15) is 0 Å². The highest BCUT2D eigenvalue weighted by molar-refractivity contribution is 5.76. The van der Waals surface area contributed by atoms with E-state index in [4.69, 9.17) is 9.47 Å². The first kappa shape index (κ1) is 23.0. The number of ether oxygens (including phenoxy) is 2. The summed E-state index contributed by atoms with van der Waals surface area (Å²) < 4.78 is 10.7. The molecule has 2 aliphatic heterocycles. The number of benzene rings is 2. The molecule has 0 atom stereocenters. The largest absolute Gasteiger partial charge is 0.379 e. The van der Waals surface area contributed by atoms with Crippen molar-refractivity contribution in [1.82, 2.24) is 29.7 Å². The van der Waals surface area contributed by atoms with Crippen LogP contribution in [-0.4, -0.2) is 82.3 Å². The number of hydrogen-bond donors (Lipinski definition) is 2. The first-order valence-electron chi connectivity index (χ1n) is 12.1. The van der Waals surface area contributed by atoms with Crippen LogP contribution in [0.5, 0.6) is 0 Å². The lowest BCUT2D eigenvalue weighted by Gasteiger charge is -2.26. The molecule has 0 unspecified atom stereocenters. The summed E-state index contributed by atoms with van der Waals surface area (Å²) in [5.74, 6) is 1.95. The van der Waals surface area contributed by atoms with Crippen LogP contribution in [0.15, 0.2) is 36.4 Å². The first-order valence-corrected chi connectivity index (χ1v) is 12.1. The Balaban J connectivity index is 0.000000142. The van der Waals surface area contributed by atoms with E-state index < -0.39 is 0 Å². The number of nitrogens with one attached hydrogen (secondary N) is 2. The van der Waals surface area contributed by atoms with E-state index in [-0.39, 0.29) is 0 Å². The van der Waals surface area contributed by atoms with Crippen LogP contribution in [0.25, 0.3) is 22.1 Å². The zero-order chi connectivity index (χ0) is 23.3. The van der Waals surface area contributed by atoms with Gasteiger partial charge in [0.05, 0.1) is 48.5 Å². The molecule has 180 valence electrons. The van der Waals surface area contributed by atoms with E-state index in [1.165, 1.54) is 11.1 Å². The van der Waals surface area contributed by atoms with Gasteiger partial charge in [-0.15, -0.1) is 0 Å². The van der Waals surface area contributed by atoms with E-state index >= 15 is 0 Å². The minimum atomic E-state index is 0.853. The van der Waals surface area contributed by atoms with Gasteiger partial charge in [-0.05, 0) is 49.2 Å². The summed E-state index contributed by atoms with van der Waals surface area (Å²) in [6, 6.07) is 12.9. The van der Waals surface area contributed by atoms with E-state index in [1.54, 1.807) is 0 Å². The second-order valence-electron chi connectivity index (χ2n) is 9.12. The zero-order valence-electron chi connectivity index (χ0n) is 20.1. The lowest BCUT2D eigenvalue weighted by molar-refractivity contribution is 0.0341. The fourth-order valence-corrected chi connectivity index (χ4v) is 4.60. The number of aromatic nitrogens is 4. The van der Waals surface area contributed by atoms with Crippen molar-refractivity contribution in [3.05, 3.63) is 59.2 Å². The maximum Gasteiger partial charge on any atom is 0.104 e. The van der Waals surface area contributed by atoms with Crippen LogP contribution in [-0.2, 0) is 22.6 Å². The van der Waals surface area contributed by atoms with E-state index in [0.29, 0.717) is 0 Å². The summed E-state index contributed by atoms with van der Waals surface area (Å²) in [5.41, 5.74) is 7.04. The fourth-order valence-electron chi connectivity index (χ4n) is 4.60. The van der Waals surface area contributed by atoms with Crippen LogP contribution in [0.1, 0.15) is 22.8 Å². The van der Waals surface area contributed by atoms with Gasteiger partial charge in [0.15, 0.2) is 0 Å². The van der Waals surface area contributed by atoms with Gasteiger partial charge >= 0.3 is 0 Å². The van der Waals surface area contributed by atoms with Crippen LogP contribution in [0.2, 0.25) is 0 Å². The summed E-state index contributed by atoms with van der Waals surface area (Å²) in [6.45, 7) is 13.5. The lowest BCUT2D eigenvalue weighted by atomic mass is 10.2. The molecular formula is C26H34N6O2. The normalized spacial score (nSPS) is 17.7. The summed E-state index contributed by atoms with van der Waals surface area (Å²) in [6.07, 6.45) is 0. The van der Waals surface area contributed by atoms with Crippen molar-refractivity contribution in [2.24, 2.45) is 0 Å². The molecule has 0 spiro atoms. The van der Waals surface area contributed by atoms with E-state index in [0.717, 1.165) is 99.4 Å². The molecule has 8 heteroatoms. The Labute approximate surface area is 200 Å². The minimum absolute atomic E-state index is 0.853. The maximum atomic E-state index is 5.35. The zero-order valence-corrected chi connectivity index (χ0v) is 20.1. The lowest BCUT2D eigenvalue weighted by Crippen LogP contribution is -2.35. The molecule has 2 saturated heterocycles. The highest BCUT2D eigenvalue weighted by atomic mass is 16.5. The molecule has 2 aliphatic rings. The molecule has 4 aromatic rings. The van der Waals surface area contributed by atoms with Crippen LogP contribution >= 0.6 is 0 Å². The second kappa shape index (κ2) is 10.7. The predicted octanol–water partition coefficient (Wildman–Crippen LogP) is 3.41. The Bertz CT molecular complexity index is 1120. The highest BCUT2D eigenvalue weighted by Crippen LogP contribution is 2.16. The molecular weight excluding hydrogens is 428 g/mol. The summed E-state index contributed by atoms with van der Waals surface area (Å²) in [4.78, 5) is 20.2. The summed E-state index contributed by atoms with van der Waals surface area (Å²) in [5, 5.41) is 0. The number of aromatic amines is 2. The third-order valence-electron chi connectivity index (χ3n) is 6.35. The van der Waals surface area contributed by atoms with Crippen molar-refractivity contribution in [3.8, 4) is 0 Å². The van der Waals surface area contributed by atoms with Crippen LogP contribution in [0, 0.1) is 13.8 Å². The smallest absolute Gasteiger partial charge is 0.104 e. The Morgan fingerprint density at radius 2 is 1.09 bits per heavy atom. The molecule has 2 fully saturated rings. The fraction of sp³-hybridized carbons (Fsp3) is 0.462. The Morgan fingerprint density at radius 1 is 0.676 bits per heavy atom. The number of H-pyrrole nitrogens is 2. The Kier molecular flexibility index (Phi) is 7.20. The second-order valence-corrected chi connectivity index (χ2v) is 9.12. The topological polar surface area (TPSA) is 82.3 Å². The van der Waals surface area contributed by atoms with Gasteiger partial charge in [-0.1, -0.05) is 12.1 Å². The van der Waals surface area contributed by atoms with Crippen molar-refractivity contribution < 1.29 is 9.47 Å². The van der Waals surface area contributed by atoms with Crippen molar-refractivity contribution in [2.45, 2.75) is 26.9 Å². The number of morpholine rings is 2.